The van der Waals surface area contributed by atoms with Gasteiger partial charge in [-0.15, -0.1) is 0 Å². The van der Waals surface area contributed by atoms with Crippen LogP contribution in [0.2, 0.25) is 0 Å². The zero-order chi connectivity index (χ0) is 17.3. The van der Waals surface area contributed by atoms with Crippen molar-refractivity contribution in [3.63, 3.8) is 0 Å². The summed E-state index contributed by atoms with van der Waals surface area (Å²) in [6.45, 7) is 4.40. The van der Waals surface area contributed by atoms with Gasteiger partial charge in [0.25, 0.3) is 5.56 Å². The number of aromatic amines is 1. The molecule has 0 atom stereocenters. The van der Waals surface area contributed by atoms with Crippen molar-refractivity contribution in [1.82, 2.24) is 20.2 Å². The molecule has 0 radical (unpaired) electrons. The van der Waals surface area contributed by atoms with Crippen LogP contribution in [-0.2, 0) is 6.54 Å². The van der Waals surface area contributed by atoms with Crippen molar-refractivity contribution in [3.8, 4) is 0 Å². The first-order valence-electron chi connectivity index (χ1n) is 7.70. The van der Waals surface area contributed by atoms with Gasteiger partial charge < -0.3 is 10.2 Å². The highest BCUT2D eigenvalue weighted by Crippen LogP contribution is 2.20. The van der Waals surface area contributed by atoms with Gasteiger partial charge in [-0.2, -0.15) is 10.1 Å². The van der Waals surface area contributed by atoms with Crippen molar-refractivity contribution in [1.29, 1.82) is 0 Å². The molecule has 3 aromatic rings. The maximum atomic E-state index is 11.9. The number of benzene rings is 1. The number of H-pyrrole nitrogens is 1. The monoisotopic (exact) mass is 324 g/mol. The molecular formula is C17H20N6O. The molecule has 0 aliphatic carbocycles. The normalized spacial score (nSPS) is 10.8. The third-order valence-corrected chi connectivity index (χ3v) is 3.98. The fourth-order valence-corrected chi connectivity index (χ4v) is 2.46. The van der Waals surface area contributed by atoms with Crippen molar-refractivity contribution in [3.05, 3.63) is 51.6 Å². The van der Waals surface area contributed by atoms with E-state index >= 15 is 0 Å². The van der Waals surface area contributed by atoms with E-state index in [9.17, 15) is 4.79 Å². The molecule has 0 aliphatic heterocycles. The number of aromatic nitrogens is 4. The average molecular weight is 324 g/mol. The van der Waals surface area contributed by atoms with Gasteiger partial charge in [0, 0.05) is 30.7 Å². The number of nitrogens with one attached hydrogen (secondary N) is 2. The summed E-state index contributed by atoms with van der Waals surface area (Å²) in [4.78, 5) is 22.7. The third-order valence-electron chi connectivity index (χ3n) is 3.98. The molecule has 24 heavy (non-hydrogen) atoms. The van der Waals surface area contributed by atoms with Gasteiger partial charge in [-0.25, -0.2) is 10.1 Å². The van der Waals surface area contributed by atoms with Gasteiger partial charge in [-0.1, -0.05) is 18.2 Å². The Hall–Kier alpha value is -2.96. The topological polar surface area (TPSA) is 86.8 Å². The molecule has 2 heterocycles. The highest BCUT2D eigenvalue weighted by atomic mass is 16.1. The minimum Gasteiger partial charge on any atom is -0.364 e. The van der Waals surface area contributed by atoms with Crippen molar-refractivity contribution < 1.29 is 0 Å². The first-order chi connectivity index (χ1) is 11.5. The van der Waals surface area contributed by atoms with Crippen LogP contribution in [0, 0.1) is 13.8 Å². The van der Waals surface area contributed by atoms with Crippen molar-refractivity contribution in [2.75, 3.05) is 24.3 Å². The number of anilines is 2. The van der Waals surface area contributed by atoms with Gasteiger partial charge in [0.1, 0.15) is 5.82 Å². The molecule has 2 N–H and O–H groups in total. The Bertz CT molecular complexity index is 947. The van der Waals surface area contributed by atoms with E-state index in [0.717, 1.165) is 28.2 Å². The van der Waals surface area contributed by atoms with Crippen LogP contribution < -0.4 is 15.8 Å². The summed E-state index contributed by atoms with van der Waals surface area (Å²) in [5, 5.41) is 11.5. The van der Waals surface area contributed by atoms with Crippen LogP contribution in [0.4, 0.5) is 11.8 Å². The Morgan fingerprint density at radius 3 is 2.54 bits per heavy atom. The summed E-state index contributed by atoms with van der Waals surface area (Å²) in [5.74, 6) is 1.42. The highest BCUT2D eigenvalue weighted by Gasteiger charge is 2.11. The zero-order valence-corrected chi connectivity index (χ0v) is 14.2. The lowest BCUT2D eigenvalue weighted by molar-refractivity contribution is 0.908. The van der Waals surface area contributed by atoms with E-state index in [2.05, 4.69) is 25.5 Å². The number of hydrogen-bond donors (Lipinski definition) is 2. The summed E-state index contributed by atoms with van der Waals surface area (Å²) in [7, 11) is 3.82. The summed E-state index contributed by atoms with van der Waals surface area (Å²) in [6.07, 6.45) is 0. The molecule has 0 amide bonds. The second-order valence-corrected chi connectivity index (χ2v) is 5.88. The molecule has 0 unspecified atom stereocenters. The Morgan fingerprint density at radius 2 is 1.83 bits per heavy atom. The molecule has 7 nitrogen and oxygen atoms in total. The molecule has 7 heteroatoms. The standard InChI is InChI=1S/C17H20N6O/c1-10-11(2)19-17(23(3)4)20-15(10)18-9-14-12-7-5-6-8-13(12)16(24)22-21-14/h5-8H,9H2,1-4H3,(H,22,24)(H,18,19,20). The van der Waals surface area contributed by atoms with Crippen LogP contribution in [0.5, 0.6) is 0 Å². The largest absolute Gasteiger partial charge is 0.364 e. The van der Waals surface area contributed by atoms with Gasteiger partial charge >= 0.3 is 0 Å². The van der Waals surface area contributed by atoms with E-state index in [4.69, 9.17) is 0 Å². The molecule has 0 aliphatic rings. The smallest absolute Gasteiger partial charge is 0.272 e. The van der Waals surface area contributed by atoms with Crippen LogP contribution in [0.15, 0.2) is 29.1 Å². The average Bonchev–Trinajstić information content (AvgIpc) is 2.57. The fourth-order valence-electron chi connectivity index (χ4n) is 2.46. The lowest BCUT2D eigenvalue weighted by atomic mass is 10.1. The zero-order valence-electron chi connectivity index (χ0n) is 14.2. The lowest BCUT2D eigenvalue weighted by Crippen LogP contribution is -2.17. The summed E-state index contributed by atoms with van der Waals surface area (Å²) in [5.41, 5.74) is 2.51. The van der Waals surface area contributed by atoms with Crippen molar-refractivity contribution >= 4 is 22.5 Å². The van der Waals surface area contributed by atoms with E-state index < -0.39 is 0 Å². The third kappa shape index (κ3) is 2.92. The van der Waals surface area contributed by atoms with E-state index in [-0.39, 0.29) is 5.56 Å². The van der Waals surface area contributed by atoms with Gasteiger partial charge in [0.2, 0.25) is 5.95 Å². The minimum absolute atomic E-state index is 0.182. The van der Waals surface area contributed by atoms with Crippen molar-refractivity contribution in [2.24, 2.45) is 0 Å². The van der Waals surface area contributed by atoms with Gasteiger partial charge in [-0.05, 0) is 19.9 Å². The first kappa shape index (κ1) is 15.9. The predicted molar refractivity (Wildman–Crippen MR) is 95.5 cm³/mol. The SMILES string of the molecule is Cc1nc(N(C)C)nc(NCc2n[nH]c(=O)c3ccccc23)c1C. The second-order valence-electron chi connectivity index (χ2n) is 5.88. The molecule has 0 saturated carbocycles. The Kier molecular flexibility index (Phi) is 4.16. The maximum Gasteiger partial charge on any atom is 0.272 e. The second kappa shape index (κ2) is 6.27. The highest BCUT2D eigenvalue weighted by molar-refractivity contribution is 5.83. The fraction of sp³-hybridized carbons (Fsp3) is 0.294. The lowest BCUT2D eigenvalue weighted by Gasteiger charge is -2.16. The Labute approximate surface area is 139 Å². The van der Waals surface area contributed by atoms with E-state index in [0.29, 0.717) is 17.9 Å². The molecule has 2 aromatic heterocycles. The Balaban J connectivity index is 1.95. The molecule has 3 rings (SSSR count). The summed E-state index contributed by atoms with van der Waals surface area (Å²) < 4.78 is 0. The van der Waals surface area contributed by atoms with Crippen LogP contribution in [-0.4, -0.2) is 34.3 Å². The van der Waals surface area contributed by atoms with E-state index in [1.807, 2.05) is 51.0 Å². The van der Waals surface area contributed by atoms with Crippen molar-refractivity contribution in [2.45, 2.75) is 20.4 Å². The van der Waals surface area contributed by atoms with Gasteiger partial charge in [-0.3, -0.25) is 4.79 Å². The molecule has 124 valence electrons. The van der Waals surface area contributed by atoms with Crippen LogP contribution in [0.25, 0.3) is 10.8 Å². The molecule has 1 aromatic carbocycles. The first-order valence-corrected chi connectivity index (χ1v) is 7.70. The van der Waals surface area contributed by atoms with Crippen LogP contribution in [0.1, 0.15) is 17.0 Å². The van der Waals surface area contributed by atoms with Crippen LogP contribution >= 0.6 is 0 Å². The van der Waals surface area contributed by atoms with E-state index in [1.54, 1.807) is 6.07 Å². The number of hydrogen-bond acceptors (Lipinski definition) is 6. The molecular weight excluding hydrogens is 304 g/mol. The number of aryl methyl sites for hydroxylation is 1. The molecule has 0 saturated heterocycles. The van der Waals surface area contributed by atoms with Crippen LogP contribution in [0.3, 0.4) is 0 Å². The van der Waals surface area contributed by atoms with Gasteiger partial charge in [0.05, 0.1) is 17.6 Å². The number of rotatable bonds is 4. The summed E-state index contributed by atoms with van der Waals surface area (Å²) in [6, 6.07) is 7.44. The molecule has 0 spiro atoms. The minimum atomic E-state index is -0.182. The summed E-state index contributed by atoms with van der Waals surface area (Å²) >= 11 is 0. The number of fused-ring (bicyclic) bond motifs is 1. The maximum absolute atomic E-state index is 11.9. The molecule has 0 bridgehead atoms. The number of nitrogens with zero attached hydrogens (tertiary/aromatic N) is 4. The quantitative estimate of drug-likeness (QED) is 0.763. The van der Waals surface area contributed by atoms with Gasteiger partial charge in [0.15, 0.2) is 0 Å². The molecule has 0 fully saturated rings. The Morgan fingerprint density at radius 1 is 1.12 bits per heavy atom. The predicted octanol–water partition coefficient (Wildman–Crippen LogP) is 2.01. The van der Waals surface area contributed by atoms with E-state index in [1.165, 1.54) is 0 Å².